The number of anilines is 1. The second kappa shape index (κ2) is 8.48. The standard InChI is InChI=1S/C18H21N3O5/c1-24-7-8-26-16-5-4-14(10-19-16)20-18(23)13-9-17(22)21(11-13)12-15-3-2-6-25-15/h2-6,10,13H,7-9,11-12H2,1H3,(H,20,23). The van der Waals surface area contributed by atoms with Crippen molar-refractivity contribution in [3.05, 3.63) is 42.5 Å². The predicted octanol–water partition coefficient (Wildman–Crippen LogP) is 1.69. The van der Waals surface area contributed by atoms with Gasteiger partial charge in [0.2, 0.25) is 17.7 Å². The molecule has 2 amide bonds. The van der Waals surface area contributed by atoms with Crippen LogP contribution in [0.5, 0.6) is 5.88 Å². The van der Waals surface area contributed by atoms with E-state index in [1.54, 1.807) is 36.5 Å². The Labute approximate surface area is 151 Å². The average Bonchev–Trinajstić information content (AvgIpc) is 3.27. The zero-order chi connectivity index (χ0) is 18.4. The molecular weight excluding hydrogens is 338 g/mol. The zero-order valence-electron chi connectivity index (χ0n) is 14.5. The van der Waals surface area contributed by atoms with Crippen molar-refractivity contribution >= 4 is 17.5 Å². The Hall–Kier alpha value is -2.87. The van der Waals surface area contributed by atoms with E-state index in [1.807, 2.05) is 6.07 Å². The minimum atomic E-state index is -0.393. The molecule has 2 aromatic heterocycles. The third-order valence-electron chi connectivity index (χ3n) is 4.05. The molecule has 1 fully saturated rings. The van der Waals surface area contributed by atoms with Gasteiger partial charge in [-0.15, -0.1) is 0 Å². The van der Waals surface area contributed by atoms with E-state index in [2.05, 4.69) is 10.3 Å². The molecule has 26 heavy (non-hydrogen) atoms. The van der Waals surface area contributed by atoms with Crippen LogP contribution < -0.4 is 10.1 Å². The predicted molar refractivity (Wildman–Crippen MR) is 92.5 cm³/mol. The molecule has 1 saturated heterocycles. The fraction of sp³-hybridized carbons (Fsp3) is 0.389. The van der Waals surface area contributed by atoms with Gasteiger partial charge in [-0.05, 0) is 18.2 Å². The van der Waals surface area contributed by atoms with E-state index in [4.69, 9.17) is 13.9 Å². The van der Waals surface area contributed by atoms with E-state index in [0.717, 1.165) is 0 Å². The van der Waals surface area contributed by atoms with Crippen molar-refractivity contribution in [3.8, 4) is 5.88 Å². The van der Waals surface area contributed by atoms with Gasteiger partial charge in [-0.3, -0.25) is 9.59 Å². The number of pyridine rings is 1. The first-order valence-electron chi connectivity index (χ1n) is 8.34. The van der Waals surface area contributed by atoms with E-state index < -0.39 is 5.92 Å². The highest BCUT2D eigenvalue weighted by molar-refractivity contribution is 5.97. The summed E-state index contributed by atoms with van der Waals surface area (Å²) in [6.07, 6.45) is 3.28. The van der Waals surface area contributed by atoms with Gasteiger partial charge in [0.15, 0.2) is 0 Å². The summed E-state index contributed by atoms with van der Waals surface area (Å²) < 4.78 is 15.5. The van der Waals surface area contributed by atoms with Gasteiger partial charge >= 0.3 is 0 Å². The number of furan rings is 1. The molecule has 2 aromatic rings. The number of likely N-dealkylation sites (tertiary alicyclic amines) is 1. The van der Waals surface area contributed by atoms with Gasteiger partial charge < -0.3 is 24.1 Å². The van der Waals surface area contributed by atoms with E-state index >= 15 is 0 Å². The Bertz CT molecular complexity index is 730. The van der Waals surface area contributed by atoms with Gasteiger partial charge in [0.25, 0.3) is 0 Å². The van der Waals surface area contributed by atoms with Crippen molar-refractivity contribution < 1.29 is 23.5 Å². The molecule has 0 radical (unpaired) electrons. The van der Waals surface area contributed by atoms with Crippen LogP contribution in [0.15, 0.2) is 41.1 Å². The van der Waals surface area contributed by atoms with Crippen molar-refractivity contribution in [2.75, 3.05) is 32.2 Å². The molecule has 138 valence electrons. The summed E-state index contributed by atoms with van der Waals surface area (Å²) in [5.41, 5.74) is 0.561. The van der Waals surface area contributed by atoms with Crippen LogP contribution in [0.2, 0.25) is 0 Å². The lowest BCUT2D eigenvalue weighted by atomic mass is 10.1. The summed E-state index contributed by atoms with van der Waals surface area (Å²) in [4.78, 5) is 30.3. The van der Waals surface area contributed by atoms with Gasteiger partial charge in [0.1, 0.15) is 12.4 Å². The highest BCUT2D eigenvalue weighted by atomic mass is 16.5. The Balaban J connectivity index is 1.51. The SMILES string of the molecule is COCCOc1ccc(NC(=O)C2CC(=O)N(Cc3ccco3)C2)cn1. The first kappa shape index (κ1) is 17.9. The summed E-state index contributed by atoms with van der Waals surface area (Å²) in [7, 11) is 1.60. The smallest absolute Gasteiger partial charge is 0.229 e. The van der Waals surface area contributed by atoms with Gasteiger partial charge in [0, 0.05) is 26.1 Å². The second-order valence-corrected chi connectivity index (χ2v) is 5.97. The number of hydrogen-bond acceptors (Lipinski definition) is 6. The Morgan fingerprint density at radius 2 is 2.27 bits per heavy atom. The maximum absolute atomic E-state index is 12.4. The molecule has 1 aliphatic rings. The highest BCUT2D eigenvalue weighted by Gasteiger charge is 2.34. The molecular formula is C18H21N3O5. The molecule has 0 spiro atoms. The molecule has 1 atom stereocenters. The topological polar surface area (TPSA) is 93.9 Å². The average molecular weight is 359 g/mol. The number of hydrogen-bond donors (Lipinski definition) is 1. The van der Waals surface area contributed by atoms with Crippen LogP contribution in [0.3, 0.4) is 0 Å². The number of carbonyl (C=O) groups excluding carboxylic acids is 2. The third-order valence-corrected chi connectivity index (χ3v) is 4.05. The van der Waals surface area contributed by atoms with Crippen LogP contribution in [-0.4, -0.2) is 48.6 Å². The number of amides is 2. The third kappa shape index (κ3) is 4.60. The Morgan fingerprint density at radius 3 is 2.96 bits per heavy atom. The lowest BCUT2D eigenvalue weighted by molar-refractivity contribution is -0.128. The minimum absolute atomic E-state index is 0.0541. The van der Waals surface area contributed by atoms with Gasteiger partial charge in [0.05, 0.1) is 37.2 Å². The Kier molecular flexibility index (Phi) is 5.85. The number of nitrogens with one attached hydrogen (secondary N) is 1. The van der Waals surface area contributed by atoms with Crippen LogP contribution >= 0.6 is 0 Å². The fourth-order valence-corrected chi connectivity index (χ4v) is 2.70. The summed E-state index contributed by atoms with van der Waals surface area (Å²) in [5, 5.41) is 2.79. The van der Waals surface area contributed by atoms with Crippen LogP contribution in [0.4, 0.5) is 5.69 Å². The quantitative estimate of drug-likeness (QED) is 0.721. The molecule has 0 aliphatic carbocycles. The van der Waals surface area contributed by atoms with Crippen LogP contribution in [0.1, 0.15) is 12.2 Å². The molecule has 0 aromatic carbocycles. The molecule has 8 nitrogen and oxygen atoms in total. The monoisotopic (exact) mass is 359 g/mol. The second-order valence-electron chi connectivity index (χ2n) is 5.97. The van der Waals surface area contributed by atoms with Crippen LogP contribution in [0, 0.1) is 5.92 Å². The zero-order valence-corrected chi connectivity index (χ0v) is 14.5. The number of nitrogens with zero attached hydrogens (tertiary/aromatic N) is 2. The molecule has 1 N–H and O–H groups in total. The van der Waals surface area contributed by atoms with Gasteiger partial charge in [-0.2, -0.15) is 0 Å². The molecule has 3 heterocycles. The summed E-state index contributed by atoms with van der Waals surface area (Å²) >= 11 is 0. The highest BCUT2D eigenvalue weighted by Crippen LogP contribution is 2.22. The number of rotatable bonds is 8. The number of aromatic nitrogens is 1. The Morgan fingerprint density at radius 1 is 1.38 bits per heavy atom. The van der Waals surface area contributed by atoms with Crippen molar-refractivity contribution in [2.45, 2.75) is 13.0 Å². The summed E-state index contributed by atoms with van der Waals surface area (Å²) in [6, 6.07) is 6.97. The number of methoxy groups -OCH3 is 1. The molecule has 1 aliphatic heterocycles. The molecule has 0 saturated carbocycles. The minimum Gasteiger partial charge on any atom is -0.475 e. The van der Waals surface area contributed by atoms with Crippen molar-refractivity contribution in [1.29, 1.82) is 0 Å². The van der Waals surface area contributed by atoms with Crippen molar-refractivity contribution in [1.82, 2.24) is 9.88 Å². The van der Waals surface area contributed by atoms with Crippen LogP contribution in [0.25, 0.3) is 0 Å². The fourth-order valence-electron chi connectivity index (χ4n) is 2.70. The summed E-state index contributed by atoms with van der Waals surface area (Å²) in [6.45, 7) is 1.64. The van der Waals surface area contributed by atoms with Crippen molar-refractivity contribution in [3.63, 3.8) is 0 Å². The molecule has 1 unspecified atom stereocenters. The maximum Gasteiger partial charge on any atom is 0.229 e. The van der Waals surface area contributed by atoms with Crippen LogP contribution in [-0.2, 0) is 20.9 Å². The van der Waals surface area contributed by atoms with E-state index in [9.17, 15) is 9.59 Å². The maximum atomic E-state index is 12.4. The first-order chi connectivity index (χ1) is 12.7. The van der Waals surface area contributed by atoms with E-state index in [-0.39, 0.29) is 18.2 Å². The normalized spacial score (nSPS) is 16.7. The van der Waals surface area contributed by atoms with Gasteiger partial charge in [-0.25, -0.2) is 4.98 Å². The molecule has 0 bridgehead atoms. The molecule has 8 heteroatoms. The summed E-state index contributed by atoms with van der Waals surface area (Å²) in [5.74, 6) is 0.514. The molecule has 3 rings (SSSR count). The lowest BCUT2D eigenvalue weighted by Gasteiger charge is -2.15. The lowest BCUT2D eigenvalue weighted by Crippen LogP contribution is -2.27. The van der Waals surface area contributed by atoms with E-state index in [0.29, 0.717) is 43.6 Å². The van der Waals surface area contributed by atoms with E-state index in [1.165, 1.54) is 6.20 Å². The van der Waals surface area contributed by atoms with Crippen molar-refractivity contribution in [2.24, 2.45) is 5.92 Å². The first-order valence-corrected chi connectivity index (χ1v) is 8.34. The largest absolute Gasteiger partial charge is 0.475 e. The van der Waals surface area contributed by atoms with Gasteiger partial charge in [-0.1, -0.05) is 0 Å². The number of carbonyl (C=O) groups is 2. The number of ether oxygens (including phenoxy) is 2.